The maximum absolute atomic E-state index is 5.72. The zero-order valence-corrected chi connectivity index (χ0v) is 14.5. The molecule has 2 aromatic rings. The normalized spacial score (nSPS) is 10.8. The molecule has 0 aliphatic carbocycles. The van der Waals surface area contributed by atoms with Crippen LogP contribution in [0.1, 0.15) is 5.56 Å². The van der Waals surface area contributed by atoms with Gasteiger partial charge in [0.05, 0.1) is 0 Å². The fourth-order valence-electron chi connectivity index (χ4n) is 1.83. The highest BCUT2D eigenvalue weighted by molar-refractivity contribution is 9.10. The van der Waals surface area contributed by atoms with Crippen molar-refractivity contribution in [3.63, 3.8) is 0 Å². The lowest BCUT2D eigenvalue weighted by Crippen LogP contribution is -2.23. The highest BCUT2D eigenvalue weighted by atomic mass is 79.9. The molecule has 0 amide bonds. The molecule has 4 heteroatoms. The van der Waals surface area contributed by atoms with Crippen molar-refractivity contribution in [2.45, 2.75) is 6.54 Å². The molecule has 0 aliphatic rings. The van der Waals surface area contributed by atoms with E-state index >= 15 is 0 Å². The maximum Gasteiger partial charge on any atom is 0.119 e. The highest BCUT2D eigenvalue weighted by Gasteiger charge is 2.01. The molecule has 0 heterocycles. The third-order valence-electron chi connectivity index (χ3n) is 2.92. The minimum atomic E-state index is 0.689. The SMILES string of the molecule is CN(CCOc1ccc(Br)cc1)Cc1ccc(Br)cc1. The Balaban J connectivity index is 1.73. The van der Waals surface area contributed by atoms with Gasteiger partial charge in [-0.1, -0.05) is 44.0 Å². The lowest BCUT2D eigenvalue weighted by molar-refractivity contribution is 0.233. The van der Waals surface area contributed by atoms with E-state index in [1.165, 1.54) is 5.56 Å². The molecule has 0 N–H and O–H groups in total. The van der Waals surface area contributed by atoms with Crippen molar-refractivity contribution < 1.29 is 4.74 Å². The molecule has 20 heavy (non-hydrogen) atoms. The topological polar surface area (TPSA) is 12.5 Å². The van der Waals surface area contributed by atoms with Gasteiger partial charge in [0.1, 0.15) is 12.4 Å². The fraction of sp³-hybridized carbons (Fsp3) is 0.250. The van der Waals surface area contributed by atoms with Crippen LogP contribution in [0.4, 0.5) is 0 Å². The van der Waals surface area contributed by atoms with Gasteiger partial charge in [-0.05, 0) is 49.0 Å². The maximum atomic E-state index is 5.72. The average molecular weight is 399 g/mol. The molecule has 2 aromatic carbocycles. The first kappa shape index (κ1) is 15.5. The van der Waals surface area contributed by atoms with Crippen LogP contribution in [0.15, 0.2) is 57.5 Å². The van der Waals surface area contributed by atoms with E-state index in [4.69, 9.17) is 4.74 Å². The first-order valence-electron chi connectivity index (χ1n) is 6.45. The van der Waals surface area contributed by atoms with Crippen LogP contribution in [-0.4, -0.2) is 25.1 Å². The van der Waals surface area contributed by atoms with E-state index in [1.807, 2.05) is 24.3 Å². The van der Waals surface area contributed by atoms with Crippen molar-refractivity contribution in [3.05, 3.63) is 63.0 Å². The van der Waals surface area contributed by atoms with Gasteiger partial charge in [-0.2, -0.15) is 0 Å². The summed E-state index contributed by atoms with van der Waals surface area (Å²) in [5, 5.41) is 0. The van der Waals surface area contributed by atoms with Crippen molar-refractivity contribution in [1.82, 2.24) is 4.90 Å². The Morgan fingerprint density at radius 1 is 0.900 bits per heavy atom. The van der Waals surface area contributed by atoms with Crippen LogP contribution in [0, 0.1) is 0 Å². The van der Waals surface area contributed by atoms with Crippen molar-refractivity contribution in [1.29, 1.82) is 0 Å². The molecule has 0 saturated heterocycles. The number of benzene rings is 2. The van der Waals surface area contributed by atoms with Gasteiger partial charge in [0.2, 0.25) is 0 Å². The van der Waals surface area contributed by atoms with Crippen LogP contribution >= 0.6 is 31.9 Å². The molecule has 0 aromatic heterocycles. The van der Waals surface area contributed by atoms with Gasteiger partial charge in [0, 0.05) is 22.0 Å². The number of rotatable bonds is 6. The standard InChI is InChI=1S/C16H17Br2NO/c1-19(12-13-2-4-14(17)5-3-13)10-11-20-16-8-6-15(18)7-9-16/h2-9H,10-12H2,1H3. The second kappa shape index (κ2) is 7.81. The Morgan fingerprint density at radius 3 is 2.05 bits per heavy atom. The molecule has 2 nitrogen and oxygen atoms in total. The molecule has 0 saturated carbocycles. The van der Waals surface area contributed by atoms with Crippen molar-refractivity contribution in [2.75, 3.05) is 20.2 Å². The number of hydrogen-bond acceptors (Lipinski definition) is 2. The Kier molecular flexibility index (Phi) is 6.07. The lowest BCUT2D eigenvalue weighted by Gasteiger charge is -2.17. The molecule has 0 aliphatic heterocycles. The molecule has 0 bridgehead atoms. The summed E-state index contributed by atoms with van der Waals surface area (Å²) < 4.78 is 7.90. The third-order valence-corrected chi connectivity index (χ3v) is 3.98. The van der Waals surface area contributed by atoms with E-state index < -0.39 is 0 Å². The molecular weight excluding hydrogens is 382 g/mol. The molecule has 0 fully saturated rings. The van der Waals surface area contributed by atoms with Crippen LogP contribution in [0.25, 0.3) is 0 Å². The Hall–Kier alpha value is -0.840. The minimum absolute atomic E-state index is 0.689. The molecular formula is C16H17Br2NO. The zero-order chi connectivity index (χ0) is 14.4. The summed E-state index contributed by atoms with van der Waals surface area (Å²) in [6, 6.07) is 16.3. The number of halogens is 2. The van der Waals surface area contributed by atoms with Gasteiger partial charge in [0.25, 0.3) is 0 Å². The predicted octanol–water partition coefficient (Wildman–Crippen LogP) is 4.72. The first-order chi connectivity index (χ1) is 9.63. The number of likely N-dealkylation sites (N-methyl/N-ethyl adjacent to an activating group) is 1. The van der Waals surface area contributed by atoms with Crippen LogP contribution in [0.5, 0.6) is 5.75 Å². The quantitative estimate of drug-likeness (QED) is 0.697. The Labute approximate surface area is 137 Å². The number of nitrogens with zero attached hydrogens (tertiary/aromatic N) is 1. The van der Waals surface area contributed by atoms with E-state index in [2.05, 4.69) is 68.1 Å². The van der Waals surface area contributed by atoms with E-state index in [9.17, 15) is 0 Å². The summed E-state index contributed by atoms with van der Waals surface area (Å²) in [6.45, 7) is 2.51. The van der Waals surface area contributed by atoms with Gasteiger partial charge in [0.15, 0.2) is 0 Å². The monoisotopic (exact) mass is 397 g/mol. The van der Waals surface area contributed by atoms with E-state index in [0.29, 0.717) is 6.61 Å². The van der Waals surface area contributed by atoms with Gasteiger partial charge in [-0.15, -0.1) is 0 Å². The second-order valence-corrected chi connectivity index (χ2v) is 6.50. The van der Waals surface area contributed by atoms with E-state index in [-0.39, 0.29) is 0 Å². The summed E-state index contributed by atoms with van der Waals surface area (Å²) in [4.78, 5) is 2.25. The average Bonchev–Trinajstić information content (AvgIpc) is 2.44. The number of ether oxygens (including phenoxy) is 1. The summed E-state index contributed by atoms with van der Waals surface area (Å²) >= 11 is 6.86. The fourth-order valence-corrected chi connectivity index (χ4v) is 2.36. The molecule has 0 spiro atoms. The van der Waals surface area contributed by atoms with Gasteiger partial charge < -0.3 is 4.74 Å². The van der Waals surface area contributed by atoms with Crippen LogP contribution in [-0.2, 0) is 6.54 Å². The smallest absolute Gasteiger partial charge is 0.119 e. The zero-order valence-electron chi connectivity index (χ0n) is 11.4. The molecule has 2 rings (SSSR count). The van der Waals surface area contributed by atoms with Crippen molar-refractivity contribution >= 4 is 31.9 Å². The summed E-state index contributed by atoms with van der Waals surface area (Å²) in [5.74, 6) is 0.908. The molecule has 0 radical (unpaired) electrons. The Bertz CT molecular complexity index is 525. The Morgan fingerprint density at radius 2 is 1.45 bits per heavy atom. The molecule has 0 atom stereocenters. The molecule has 106 valence electrons. The van der Waals surface area contributed by atoms with Crippen LogP contribution < -0.4 is 4.74 Å². The van der Waals surface area contributed by atoms with Crippen LogP contribution in [0.2, 0.25) is 0 Å². The first-order valence-corrected chi connectivity index (χ1v) is 8.03. The second-order valence-electron chi connectivity index (χ2n) is 4.67. The van der Waals surface area contributed by atoms with Gasteiger partial charge in [-0.3, -0.25) is 4.90 Å². The largest absolute Gasteiger partial charge is 0.492 e. The van der Waals surface area contributed by atoms with Crippen molar-refractivity contribution in [3.8, 4) is 5.75 Å². The third kappa shape index (κ3) is 5.27. The van der Waals surface area contributed by atoms with E-state index in [0.717, 1.165) is 27.8 Å². The summed E-state index contributed by atoms with van der Waals surface area (Å²) in [6.07, 6.45) is 0. The van der Waals surface area contributed by atoms with Gasteiger partial charge >= 0.3 is 0 Å². The predicted molar refractivity (Wildman–Crippen MR) is 90.1 cm³/mol. The number of hydrogen-bond donors (Lipinski definition) is 0. The lowest BCUT2D eigenvalue weighted by atomic mass is 10.2. The summed E-state index contributed by atoms with van der Waals surface area (Å²) in [5.41, 5.74) is 1.30. The minimum Gasteiger partial charge on any atom is -0.492 e. The van der Waals surface area contributed by atoms with Gasteiger partial charge in [-0.25, -0.2) is 0 Å². The van der Waals surface area contributed by atoms with Crippen molar-refractivity contribution in [2.24, 2.45) is 0 Å². The molecule has 0 unspecified atom stereocenters. The van der Waals surface area contributed by atoms with E-state index in [1.54, 1.807) is 0 Å². The summed E-state index contributed by atoms with van der Waals surface area (Å²) in [7, 11) is 2.10. The van der Waals surface area contributed by atoms with Crippen LogP contribution in [0.3, 0.4) is 0 Å². The highest BCUT2D eigenvalue weighted by Crippen LogP contribution is 2.16.